The number of benzene rings is 1. The van der Waals surface area contributed by atoms with Gasteiger partial charge in [-0.2, -0.15) is 5.06 Å². The summed E-state index contributed by atoms with van der Waals surface area (Å²) in [7, 11) is 0.163. The molecule has 6 heteroatoms. The number of sulfonamides is 1. The Balaban J connectivity index is 2.03. The Hall–Kier alpha value is -0.950. The summed E-state index contributed by atoms with van der Waals surface area (Å²) in [6.07, 6.45) is -0.406. The van der Waals surface area contributed by atoms with Crippen molar-refractivity contribution in [3.63, 3.8) is 0 Å². The quantitative estimate of drug-likeness (QED) is 0.749. The fourth-order valence-corrected chi connectivity index (χ4v) is 4.72. The van der Waals surface area contributed by atoms with E-state index in [1.807, 2.05) is 30.3 Å². The summed E-state index contributed by atoms with van der Waals surface area (Å²) in [6, 6.07) is 9.44. The average molecular weight is 268 g/mol. The first-order valence-corrected chi connectivity index (χ1v) is 7.42. The molecule has 2 fully saturated rings. The Labute approximate surface area is 107 Å². The van der Waals surface area contributed by atoms with Crippen LogP contribution in [0.25, 0.3) is 0 Å². The number of nitrogens with zero attached hydrogens (tertiary/aromatic N) is 2. The smallest absolute Gasteiger partial charge is 0.221 e. The first-order chi connectivity index (χ1) is 8.51. The summed E-state index contributed by atoms with van der Waals surface area (Å²) in [6.45, 7) is 0.493. The van der Waals surface area contributed by atoms with E-state index in [9.17, 15) is 8.42 Å². The first kappa shape index (κ1) is 12.1. The molecule has 0 bridgehead atoms. The molecule has 2 aliphatic rings. The van der Waals surface area contributed by atoms with Gasteiger partial charge in [0.2, 0.25) is 10.0 Å². The average Bonchev–Trinajstić information content (AvgIpc) is 2.79. The maximum Gasteiger partial charge on any atom is 0.221 e. The van der Waals surface area contributed by atoms with E-state index in [-0.39, 0.29) is 6.04 Å². The van der Waals surface area contributed by atoms with Crippen molar-refractivity contribution in [2.45, 2.75) is 17.4 Å². The largest absolute Gasteiger partial charge is 0.289 e. The highest BCUT2D eigenvalue weighted by Gasteiger charge is 2.56. The number of hydrogen-bond acceptors (Lipinski definition) is 4. The molecule has 1 aromatic carbocycles. The lowest BCUT2D eigenvalue weighted by atomic mass is 10.0. The Kier molecular flexibility index (Phi) is 2.71. The summed E-state index contributed by atoms with van der Waals surface area (Å²) in [5, 5.41) is 1.18. The van der Waals surface area contributed by atoms with E-state index < -0.39 is 21.4 Å². The summed E-state index contributed by atoms with van der Waals surface area (Å²) in [5.74, 6) is 0. The molecule has 98 valence electrons. The summed E-state index contributed by atoms with van der Waals surface area (Å²) >= 11 is 0. The van der Waals surface area contributed by atoms with Crippen LogP contribution in [0, 0.1) is 0 Å². The lowest BCUT2D eigenvalue weighted by Gasteiger charge is -2.19. The van der Waals surface area contributed by atoms with Crippen molar-refractivity contribution < 1.29 is 13.3 Å². The van der Waals surface area contributed by atoms with Gasteiger partial charge < -0.3 is 0 Å². The molecule has 2 saturated heterocycles. The SMILES string of the molecule is CN1O[C@@H](c2ccccc2)[C@H]2[C@@H]1CN(C)S2(=O)=O. The van der Waals surface area contributed by atoms with Crippen LogP contribution in [0.5, 0.6) is 0 Å². The molecule has 0 spiro atoms. The van der Waals surface area contributed by atoms with Gasteiger partial charge in [0.25, 0.3) is 0 Å². The molecule has 0 aliphatic carbocycles. The van der Waals surface area contributed by atoms with E-state index in [2.05, 4.69) is 0 Å². The number of fused-ring (bicyclic) bond motifs is 1. The molecule has 0 N–H and O–H groups in total. The van der Waals surface area contributed by atoms with Crippen molar-refractivity contribution in [1.29, 1.82) is 0 Å². The molecule has 0 saturated carbocycles. The highest BCUT2D eigenvalue weighted by molar-refractivity contribution is 7.90. The van der Waals surface area contributed by atoms with E-state index in [1.165, 1.54) is 4.31 Å². The highest BCUT2D eigenvalue weighted by atomic mass is 32.2. The van der Waals surface area contributed by atoms with Gasteiger partial charge in [0, 0.05) is 20.6 Å². The molecular formula is C12H16N2O3S. The fraction of sp³-hybridized carbons (Fsp3) is 0.500. The summed E-state index contributed by atoms with van der Waals surface area (Å²) in [5.41, 5.74) is 0.913. The third-order valence-corrected chi connectivity index (χ3v) is 6.04. The van der Waals surface area contributed by atoms with Gasteiger partial charge in [-0.15, -0.1) is 0 Å². The Morgan fingerprint density at radius 1 is 1.22 bits per heavy atom. The monoisotopic (exact) mass is 268 g/mol. The molecule has 2 heterocycles. The van der Waals surface area contributed by atoms with Crippen LogP contribution < -0.4 is 0 Å². The molecule has 5 nitrogen and oxygen atoms in total. The van der Waals surface area contributed by atoms with Crippen molar-refractivity contribution in [1.82, 2.24) is 9.37 Å². The van der Waals surface area contributed by atoms with Crippen molar-refractivity contribution >= 4 is 10.0 Å². The number of hydroxylamine groups is 2. The normalized spacial score (nSPS) is 35.8. The molecule has 2 aliphatic heterocycles. The minimum Gasteiger partial charge on any atom is -0.289 e. The van der Waals surface area contributed by atoms with Gasteiger partial charge >= 0.3 is 0 Å². The van der Waals surface area contributed by atoms with Crippen molar-refractivity contribution in [3.05, 3.63) is 35.9 Å². The molecule has 3 atom stereocenters. The molecule has 1 aromatic rings. The number of hydrogen-bond donors (Lipinski definition) is 0. The van der Waals surface area contributed by atoms with Crippen LogP contribution in [0.3, 0.4) is 0 Å². The maximum absolute atomic E-state index is 12.3. The van der Waals surface area contributed by atoms with Gasteiger partial charge in [-0.3, -0.25) is 4.84 Å². The van der Waals surface area contributed by atoms with Gasteiger partial charge in [0.15, 0.2) is 0 Å². The molecular weight excluding hydrogens is 252 g/mol. The summed E-state index contributed by atoms with van der Waals surface area (Å²) < 4.78 is 26.1. The third kappa shape index (κ3) is 1.60. The van der Waals surface area contributed by atoms with Crippen LogP contribution in [0.2, 0.25) is 0 Å². The zero-order valence-electron chi connectivity index (χ0n) is 10.4. The van der Waals surface area contributed by atoms with Crippen molar-refractivity contribution in [2.24, 2.45) is 0 Å². The fourth-order valence-electron chi connectivity index (χ4n) is 2.77. The predicted molar refractivity (Wildman–Crippen MR) is 67.2 cm³/mol. The van der Waals surface area contributed by atoms with E-state index in [4.69, 9.17) is 4.84 Å². The van der Waals surface area contributed by atoms with Crippen LogP contribution >= 0.6 is 0 Å². The summed E-state index contributed by atoms with van der Waals surface area (Å²) in [4.78, 5) is 5.73. The Morgan fingerprint density at radius 3 is 2.56 bits per heavy atom. The minimum atomic E-state index is -3.27. The molecule has 3 rings (SSSR count). The minimum absolute atomic E-state index is 0.0924. The maximum atomic E-state index is 12.3. The molecule has 0 radical (unpaired) electrons. The number of rotatable bonds is 1. The van der Waals surface area contributed by atoms with Crippen LogP contribution in [-0.4, -0.2) is 49.7 Å². The van der Waals surface area contributed by atoms with Gasteiger partial charge in [-0.25, -0.2) is 12.7 Å². The van der Waals surface area contributed by atoms with E-state index in [0.29, 0.717) is 6.54 Å². The molecule has 0 unspecified atom stereocenters. The second kappa shape index (κ2) is 4.03. The molecule has 18 heavy (non-hydrogen) atoms. The third-order valence-electron chi connectivity index (χ3n) is 3.78. The van der Waals surface area contributed by atoms with Crippen LogP contribution in [-0.2, 0) is 14.9 Å². The zero-order chi connectivity index (χ0) is 12.9. The molecule has 0 amide bonds. The lowest BCUT2D eigenvalue weighted by Crippen LogP contribution is -2.32. The van der Waals surface area contributed by atoms with Crippen LogP contribution in [0.4, 0.5) is 0 Å². The van der Waals surface area contributed by atoms with Crippen LogP contribution in [0.15, 0.2) is 30.3 Å². The first-order valence-electron chi connectivity index (χ1n) is 5.91. The van der Waals surface area contributed by atoms with Gasteiger partial charge in [0.1, 0.15) is 11.4 Å². The van der Waals surface area contributed by atoms with Crippen molar-refractivity contribution in [2.75, 3.05) is 20.6 Å². The zero-order valence-corrected chi connectivity index (χ0v) is 11.2. The van der Waals surface area contributed by atoms with Crippen LogP contribution in [0.1, 0.15) is 11.7 Å². The Bertz CT molecular complexity index is 546. The highest BCUT2D eigenvalue weighted by Crippen LogP contribution is 2.41. The van der Waals surface area contributed by atoms with E-state index in [1.54, 1.807) is 19.2 Å². The van der Waals surface area contributed by atoms with Gasteiger partial charge in [-0.05, 0) is 5.56 Å². The number of likely N-dealkylation sites (N-methyl/N-ethyl adjacent to an activating group) is 2. The lowest BCUT2D eigenvalue weighted by molar-refractivity contribution is -0.146. The topological polar surface area (TPSA) is 49.9 Å². The molecule has 0 aromatic heterocycles. The second-order valence-corrected chi connectivity index (χ2v) is 7.04. The van der Waals surface area contributed by atoms with Gasteiger partial charge in [0.05, 0.1) is 6.04 Å². The van der Waals surface area contributed by atoms with E-state index >= 15 is 0 Å². The van der Waals surface area contributed by atoms with Gasteiger partial charge in [-0.1, -0.05) is 30.3 Å². The standard InChI is InChI=1S/C12H16N2O3S/c1-13-8-10-12(18(13,15)16)11(17-14(10)2)9-6-4-3-5-7-9/h3-7,10-12H,8H2,1-2H3/t10-,11-,12+/m0/s1. The Morgan fingerprint density at radius 2 is 1.89 bits per heavy atom. The second-order valence-electron chi connectivity index (χ2n) is 4.84. The van der Waals surface area contributed by atoms with Crippen molar-refractivity contribution in [3.8, 4) is 0 Å². The predicted octanol–water partition coefficient (Wildman–Crippen LogP) is 0.617. The van der Waals surface area contributed by atoms with E-state index in [0.717, 1.165) is 5.56 Å².